The molecule has 0 saturated heterocycles. The predicted molar refractivity (Wildman–Crippen MR) is 168 cm³/mol. The Bertz CT molecular complexity index is 1530. The summed E-state index contributed by atoms with van der Waals surface area (Å²) in [5, 5.41) is 0. The lowest BCUT2D eigenvalue weighted by Crippen LogP contribution is -2.23. The minimum atomic E-state index is -3.39. The van der Waals surface area contributed by atoms with E-state index < -0.39 is 10.0 Å². The van der Waals surface area contributed by atoms with Crippen LogP contribution in [0.3, 0.4) is 0 Å². The summed E-state index contributed by atoms with van der Waals surface area (Å²) >= 11 is 0. The summed E-state index contributed by atoms with van der Waals surface area (Å²) in [7, 11) is -3.39. The van der Waals surface area contributed by atoms with Crippen molar-refractivity contribution in [3.05, 3.63) is 114 Å². The summed E-state index contributed by atoms with van der Waals surface area (Å²) in [4.78, 5) is 2.26. The highest BCUT2D eigenvalue weighted by atomic mass is 32.2. The first-order valence-corrected chi connectivity index (χ1v) is 15.7. The minimum absolute atomic E-state index is 0.223. The summed E-state index contributed by atoms with van der Waals surface area (Å²) in [6, 6.07) is 31.7. The van der Waals surface area contributed by atoms with Crippen LogP contribution in [0.1, 0.15) is 43.9 Å². The van der Waals surface area contributed by atoms with Crippen molar-refractivity contribution in [2.75, 3.05) is 22.5 Å². The molecule has 4 rings (SSSR count). The second-order valence-electron chi connectivity index (χ2n) is 11.5. The standard InChI is InChI=1S/C34H40N2O4S/c1-26-32(35-41(5,37)38)15-10-16-33(26)36(24-27-11-7-6-8-12-27)25-28-17-19-29(20-18-28)40-31-14-9-13-30(23-31)39-22-21-34(2,3)4/h6-20,23,35H,21-22,24-25H2,1-5H3. The lowest BCUT2D eigenvalue weighted by molar-refractivity contribution is 0.242. The van der Waals surface area contributed by atoms with Gasteiger partial charge in [0.2, 0.25) is 10.0 Å². The van der Waals surface area contributed by atoms with Gasteiger partial charge in [0.05, 0.1) is 18.6 Å². The monoisotopic (exact) mass is 572 g/mol. The highest BCUT2D eigenvalue weighted by molar-refractivity contribution is 7.92. The molecule has 4 aromatic rings. The van der Waals surface area contributed by atoms with Crippen LogP contribution in [-0.2, 0) is 23.1 Å². The molecule has 0 aromatic heterocycles. The fraction of sp³-hybridized carbons (Fsp3) is 0.294. The molecular formula is C34H40N2O4S. The van der Waals surface area contributed by atoms with E-state index in [9.17, 15) is 8.42 Å². The fourth-order valence-corrected chi connectivity index (χ4v) is 5.05. The van der Waals surface area contributed by atoms with Crippen molar-refractivity contribution in [3.63, 3.8) is 0 Å². The normalized spacial score (nSPS) is 11.6. The average Bonchev–Trinajstić information content (AvgIpc) is 2.90. The summed E-state index contributed by atoms with van der Waals surface area (Å²) in [5.74, 6) is 2.26. The number of anilines is 2. The molecule has 0 aliphatic rings. The zero-order valence-electron chi connectivity index (χ0n) is 24.6. The quantitative estimate of drug-likeness (QED) is 0.185. The van der Waals surface area contributed by atoms with Crippen LogP contribution >= 0.6 is 0 Å². The van der Waals surface area contributed by atoms with Crippen molar-refractivity contribution in [1.82, 2.24) is 0 Å². The Balaban J connectivity index is 1.50. The van der Waals surface area contributed by atoms with Crippen LogP contribution < -0.4 is 19.1 Å². The van der Waals surface area contributed by atoms with Gasteiger partial charge in [0.25, 0.3) is 0 Å². The van der Waals surface area contributed by atoms with E-state index >= 15 is 0 Å². The lowest BCUT2D eigenvalue weighted by atomic mass is 9.93. The zero-order chi connectivity index (χ0) is 29.5. The Kier molecular flexibility index (Phi) is 9.61. The number of benzene rings is 4. The molecule has 0 heterocycles. The van der Waals surface area contributed by atoms with Crippen molar-refractivity contribution in [1.29, 1.82) is 0 Å². The van der Waals surface area contributed by atoms with Gasteiger partial charge in [-0.1, -0.05) is 75.4 Å². The van der Waals surface area contributed by atoms with E-state index in [4.69, 9.17) is 9.47 Å². The van der Waals surface area contributed by atoms with Gasteiger partial charge in [-0.2, -0.15) is 0 Å². The predicted octanol–water partition coefficient (Wildman–Crippen LogP) is 8.18. The molecule has 0 aliphatic heterocycles. The Morgan fingerprint density at radius 3 is 2.05 bits per heavy atom. The van der Waals surface area contributed by atoms with Crippen LogP contribution in [-0.4, -0.2) is 21.3 Å². The number of hydrogen-bond donors (Lipinski definition) is 1. The van der Waals surface area contributed by atoms with Crippen LogP contribution in [0.5, 0.6) is 17.2 Å². The van der Waals surface area contributed by atoms with E-state index in [2.05, 4.69) is 54.7 Å². The van der Waals surface area contributed by atoms with Gasteiger partial charge in [0, 0.05) is 24.8 Å². The third-order valence-corrected chi connectivity index (χ3v) is 7.21. The number of nitrogens with zero attached hydrogens (tertiary/aromatic N) is 1. The lowest BCUT2D eigenvalue weighted by Gasteiger charge is -2.28. The van der Waals surface area contributed by atoms with Crippen LogP contribution in [0, 0.1) is 12.3 Å². The molecule has 0 unspecified atom stereocenters. The van der Waals surface area contributed by atoms with Gasteiger partial charge in [-0.25, -0.2) is 8.42 Å². The highest BCUT2D eigenvalue weighted by Crippen LogP contribution is 2.31. The van der Waals surface area contributed by atoms with Gasteiger partial charge < -0.3 is 14.4 Å². The largest absolute Gasteiger partial charge is 0.493 e. The molecule has 0 atom stereocenters. The summed E-state index contributed by atoms with van der Waals surface area (Å²) in [6.45, 7) is 10.5. The fourth-order valence-electron chi connectivity index (χ4n) is 4.43. The maximum atomic E-state index is 11.9. The van der Waals surface area contributed by atoms with Gasteiger partial charge in [0.1, 0.15) is 17.2 Å². The maximum absolute atomic E-state index is 11.9. The molecule has 6 nitrogen and oxygen atoms in total. The highest BCUT2D eigenvalue weighted by Gasteiger charge is 2.15. The molecule has 0 amide bonds. The zero-order valence-corrected chi connectivity index (χ0v) is 25.4. The number of rotatable bonds is 12. The topological polar surface area (TPSA) is 67.9 Å². The van der Waals surface area contributed by atoms with Crippen LogP contribution in [0.25, 0.3) is 0 Å². The molecule has 216 valence electrons. The third-order valence-electron chi connectivity index (χ3n) is 6.62. The second kappa shape index (κ2) is 13.1. The van der Waals surface area contributed by atoms with Gasteiger partial charge >= 0.3 is 0 Å². The number of ether oxygens (including phenoxy) is 2. The Morgan fingerprint density at radius 1 is 0.756 bits per heavy atom. The molecule has 4 aromatic carbocycles. The first-order chi connectivity index (χ1) is 19.4. The van der Waals surface area contributed by atoms with Gasteiger partial charge in [0.15, 0.2) is 0 Å². The maximum Gasteiger partial charge on any atom is 0.229 e. The number of nitrogens with one attached hydrogen (secondary N) is 1. The van der Waals surface area contributed by atoms with Crippen LogP contribution in [0.4, 0.5) is 11.4 Å². The Morgan fingerprint density at radius 2 is 1.39 bits per heavy atom. The number of sulfonamides is 1. The molecular weight excluding hydrogens is 532 g/mol. The van der Waals surface area contributed by atoms with E-state index in [0.29, 0.717) is 25.4 Å². The van der Waals surface area contributed by atoms with Crippen molar-refractivity contribution in [3.8, 4) is 17.2 Å². The van der Waals surface area contributed by atoms with Crippen LogP contribution in [0.2, 0.25) is 0 Å². The molecule has 0 saturated carbocycles. The van der Waals surface area contributed by atoms with E-state index in [1.165, 1.54) is 6.26 Å². The molecule has 0 spiro atoms. The molecule has 41 heavy (non-hydrogen) atoms. The van der Waals surface area contributed by atoms with Crippen LogP contribution in [0.15, 0.2) is 97.1 Å². The van der Waals surface area contributed by atoms with Gasteiger partial charge in [-0.3, -0.25) is 4.72 Å². The smallest absolute Gasteiger partial charge is 0.229 e. The number of hydrogen-bond acceptors (Lipinski definition) is 5. The Labute approximate surface area is 245 Å². The summed E-state index contributed by atoms with van der Waals surface area (Å²) in [6.07, 6.45) is 2.14. The molecule has 0 aliphatic carbocycles. The van der Waals surface area contributed by atoms with E-state index in [1.807, 2.05) is 73.7 Å². The SMILES string of the molecule is Cc1c(NS(C)(=O)=O)cccc1N(Cc1ccccc1)Cc1ccc(Oc2cccc(OCCC(C)(C)C)c2)cc1. The molecule has 0 radical (unpaired) electrons. The molecule has 7 heteroatoms. The van der Waals surface area contributed by atoms with Gasteiger partial charge in [-0.15, -0.1) is 0 Å². The van der Waals surface area contributed by atoms with Crippen molar-refractivity contribution in [2.45, 2.75) is 47.2 Å². The molecule has 0 fully saturated rings. The Hall–Kier alpha value is -3.97. The minimum Gasteiger partial charge on any atom is -0.493 e. The van der Waals surface area contributed by atoms with Crippen molar-refractivity contribution >= 4 is 21.4 Å². The molecule has 0 bridgehead atoms. The van der Waals surface area contributed by atoms with Crippen molar-refractivity contribution < 1.29 is 17.9 Å². The first kappa shape index (κ1) is 30.0. The average molecular weight is 573 g/mol. The third kappa shape index (κ3) is 9.57. The second-order valence-corrected chi connectivity index (χ2v) is 13.3. The van der Waals surface area contributed by atoms with Crippen molar-refractivity contribution in [2.24, 2.45) is 5.41 Å². The summed E-state index contributed by atoms with van der Waals surface area (Å²) in [5.41, 5.74) is 4.91. The van der Waals surface area contributed by atoms with Gasteiger partial charge in [-0.05, 0) is 71.8 Å². The van der Waals surface area contributed by atoms with E-state index in [1.54, 1.807) is 6.07 Å². The van der Waals surface area contributed by atoms with E-state index in [0.717, 1.165) is 46.0 Å². The molecule has 1 N–H and O–H groups in total. The van der Waals surface area contributed by atoms with E-state index in [-0.39, 0.29) is 5.41 Å². The summed E-state index contributed by atoms with van der Waals surface area (Å²) < 4.78 is 38.6. The first-order valence-electron chi connectivity index (χ1n) is 13.8.